The molecule has 2 aromatic rings. The lowest BCUT2D eigenvalue weighted by atomic mass is 9.98. The van der Waals surface area contributed by atoms with Gasteiger partial charge < -0.3 is 15.1 Å². The van der Waals surface area contributed by atoms with Crippen LogP contribution >= 0.6 is 11.3 Å². The highest BCUT2D eigenvalue weighted by molar-refractivity contribution is 7.18. The van der Waals surface area contributed by atoms with Gasteiger partial charge in [-0.2, -0.15) is 13.2 Å². The van der Waals surface area contributed by atoms with Crippen molar-refractivity contribution in [1.29, 1.82) is 0 Å². The van der Waals surface area contributed by atoms with Gasteiger partial charge in [-0.05, 0) is 12.1 Å². The molecule has 148 valence electrons. The van der Waals surface area contributed by atoms with E-state index >= 15 is 0 Å². The molecule has 2 N–H and O–H groups in total. The topological polar surface area (TPSA) is 76.9 Å². The normalized spacial score (nSPS) is 18.6. The van der Waals surface area contributed by atoms with Gasteiger partial charge in [-0.3, -0.25) is 9.69 Å². The average Bonchev–Trinajstić information content (AvgIpc) is 3.06. The van der Waals surface area contributed by atoms with Crippen LogP contribution in [-0.4, -0.2) is 76.4 Å². The number of hydrogen-bond acceptors (Lipinski definition) is 6. The van der Waals surface area contributed by atoms with Gasteiger partial charge in [0.05, 0.1) is 23.2 Å². The summed E-state index contributed by atoms with van der Waals surface area (Å²) in [6.45, 7) is 1.90. The Morgan fingerprint density at radius 2 is 1.85 bits per heavy atom. The molecule has 10 heteroatoms. The molecule has 1 aliphatic rings. The smallest absolute Gasteiger partial charge is 0.395 e. The highest BCUT2D eigenvalue weighted by Crippen LogP contribution is 2.44. The van der Waals surface area contributed by atoms with Crippen molar-refractivity contribution in [2.75, 3.05) is 39.3 Å². The number of amides is 1. The molecule has 0 saturated carbocycles. The van der Waals surface area contributed by atoms with Crippen LogP contribution in [0.1, 0.15) is 11.4 Å². The molecule has 27 heavy (non-hydrogen) atoms. The van der Waals surface area contributed by atoms with E-state index in [1.165, 1.54) is 4.90 Å². The Balaban J connectivity index is 1.80. The largest absolute Gasteiger partial charge is 0.424 e. The lowest BCUT2D eigenvalue weighted by molar-refractivity contribution is -0.268. The number of aliphatic hydroxyl groups excluding tert-OH is 1. The second kappa shape index (κ2) is 7.70. The molecule has 1 fully saturated rings. The van der Waals surface area contributed by atoms with Crippen LogP contribution in [0.3, 0.4) is 0 Å². The van der Waals surface area contributed by atoms with Crippen molar-refractivity contribution in [3.8, 4) is 0 Å². The van der Waals surface area contributed by atoms with Gasteiger partial charge in [0.2, 0.25) is 11.5 Å². The van der Waals surface area contributed by atoms with Crippen LogP contribution < -0.4 is 0 Å². The fourth-order valence-electron chi connectivity index (χ4n) is 3.04. The second-order valence-electron chi connectivity index (χ2n) is 6.47. The van der Waals surface area contributed by atoms with E-state index < -0.39 is 29.1 Å². The highest BCUT2D eigenvalue weighted by Gasteiger charge is 2.58. The number of para-hydroxylation sites is 1. The van der Waals surface area contributed by atoms with Gasteiger partial charge in [-0.1, -0.05) is 12.1 Å². The third-order valence-corrected chi connectivity index (χ3v) is 5.85. The van der Waals surface area contributed by atoms with Crippen LogP contribution in [0.15, 0.2) is 24.3 Å². The number of nitrogens with zero attached hydrogens (tertiary/aromatic N) is 3. The molecule has 1 aliphatic heterocycles. The van der Waals surface area contributed by atoms with Crippen LogP contribution in [0.4, 0.5) is 13.2 Å². The number of hydrogen-bond donors (Lipinski definition) is 2. The highest BCUT2D eigenvalue weighted by atomic mass is 32.1. The van der Waals surface area contributed by atoms with Gasteiger partial charge in [0.25, 0.3) is 0 Å². The number of halogens is 3. The SMILES string of the molecule is O=C(CC(O)(c1nc2ccccc2s1)C(F)(F)F)N1CCN(CCO)CC1. The van der Waals surface area contributed by atoms with Gasteiger partial charge in [0, 0.05) is 32.7 Å². The fourth-order valence-corrected chi connectivity index (χ4v) is 4.11. The monoisotopic (exact) mass is 403 g/mol. The molecular weight excluding hydrogens is 383 g/mol. The standard InChI is InChI=1S/C17H20F3N3O3S/c18-17(19,20)16(26,15-21-12-3-1-2-4-13(12)27-15)11-14(25)23-7-5-22(6-8-23)9-10-24/h1-4,24,26H,5-11H2. The summed E-state index contributed by atoms with van der Waals surface area (Å²) in [5, 5.41) is 18.9. The predicted molar refractivity (Wildman–Crippen MR) is 94.3 cm³/mol. The molecule has 1 unspecified atom stereocenters. The molecule has 1 atom stereocenters. The first-order valence-corrected chi connectivity index (χ1v) is 9.32. The molecule has 1 aromatic heterocycles. The zero-order chi connectivity index (χ0) is 19.7. The minimum Gasteiger partial charge on any atom is -0.395 e. The molecule has 0 radical (unpaired) electrons. The first-order chi connectivity index (χ1) is 12.7. The van der Waals surface area contributed by atoms with Gasteiger partial charge >= 0.3 is 6.18 Å². The summed E-state index contributed by atoms with van der Waals surface area (Å²) < 4.78 is 41.7. The fraction of sp³-hybridized carbons (Fsp3) is 0.529. The number of β-amino-alcohol motifs (C(OH)–C–C–N with tert-alkyl or cyclic N) is 1. The van der Waals surface area contributed by atoms with Gasteiger partial charge in [0.15, 0.2) is 0 Å². The summed E-state index contributed by atoms with van der Waals surface area (Å²) in [5.74, 6) is -0.766. The quantitative estimate of drug-likeness (QED) is 0.793. The van der Waals surface area contributed by atoms with Crippen molar-refractivity contribution in [3.05, 3.63) is 29.3 Å². The Bertz CT molecular complexity index is 772. The van der Waals surface area contributed by atoms with E-state index in [4.69, 9.17) is 5.11 Å². The second-order valence-corrected chi connectivity index (χ2v) is 7.50. The lowest BCUT2D eigenvalue weighted by Crippen LogP contribution is -2.52. The van der Waals surface area contributed by atoms with Crippen molar-refractivity contribution in [2.45, 2.75) is 18.2 Å². The van der Waals surface area contributed by atoms with Gasteiger partial charge in [-0.25, -0.2) is 4.98 Å². The van der Waals surface area contributed by atoms with Crippen molar-refractivity contribution < 1.29 is 28.2 Å². The third-order valence-electron chi connectivity index (χ3n) is 4.66. The number of fused-ring (bicyclic) bond motifs is 1. The number of rotatable bonds is 5. The van der Waals surface area contributed by atoms with Crippen molar-refractivity contribution in [3.63, 3.8) is 0 Å². The number of alkyl halides is 3. The first-order valence-electron chi connectivity index (χ1n) is 8.51. The summed E-state index contributed by atoms with van der Waals surface area (Å²) in [7, 11) is 0. The average molecular weight is 403 g/mol. The number of thiazole rings is 1. The Labute approximate surface area is 157 Å². The molecule has 3 rings (SSSR count). The Hall–Kier alpha value is -1.75. The van der Waals surface area contributed by atoms with Crippen LogP contribution in [0.25, 0.3) is 10.2 Å². The number of carbonyl (C=O) groups excluding carboxylic acids is 1. The van der Waals surface area contributed by atoms with E-state index in [9.17, 15) is 23.1 Å². The van der Waals surface area contributed by atoms with Crippen LogP contribution in [-0.2, 0) is 10.4 Å². The minimum atomic E-state index is -5.03. The minimum absolute atomic E-state index is 0.0145. The summed E-state index contributed by atoms with van der Waals surface area (Å²) in [5.41, 5.74) is -2.97. The van der Waals surface area contributed by atoms with Gasteiger partial charge in [-0.15, -0.1) is 11.3 Å². The number of piperazine rings is 1. The number of aromatic nitrogens is 1. The van der Waals surface area contributed by atoms with E-state index in [-0.39, 0.29) is 19.7 Å². The van der Waals surface area contributed by atoms with Crippen molar-refractivity contribution in [1.82, 2.24) is 14.8 Å². The molecule has 1 amide bonds. The number of carbonyl (C=O) groups is 1. The number of benzene rings is 1. The molecule has 1 saturated heterocycles. The first kappa shape index (κ1) is 20.0. The third kappa shape index (κ3) is 4.08. The van der Waals surface area contributed by atoms with E-state index in [0.717, 1.165) is 11.3 Å². The van der Waals surface area contributed by atoms with Crippen LogP contribution in [0.5, 0.6) is 0 Å². The maximum atomic E-state index is 13.7. The van der Waals surface area contributed by atoms with E-state index in [1.807, 2.05) is 4.90 Å². The molecule has 6 nitrogen and oxygen atoms in total. The Morgan fingerprint density at radius 1 is 1.19 bits per heavy atom. The summed E-state index contributed by atoms with van der Waals surface area (Å²) in [4.78, 5) is 19.7. The molecular formula is C17H20F3N3O3S. The van der Waals surface area contributed by atoms with E-state index in [2.05, 4.69) is 4.98 Å². The van der Waals surface area contributed by atoms with Crippen LogP contribution in [0.2, 0.25) is 0 Å². The van der Waals surface area contributed by atoms with E-state index in [1.54, 1.807) is 24.3 Å². The zero-order valence-corrected chi connectivity index (χ0v) is 15.3. The molecule has 0 spiro atoms. The molecule has 0 aliphatic carbocycles. The summed E-state index contributed by atoms with van der Waals surface area (Å²) >= 11 is 0.739. The molecule has 0 bridgehead atoms. The number of aliphatic hydroxyl groups is 2. The summed E-state index contributed by atoms with van der Waals surface area (Å²) in [6.07, 6.45) is -6.13. The van der Waals surface area contributed by atoms with Crippen molar-refractivity contribution in [2.24, 2.45) is 0 Å². The maximum Gasteiger partial charge on any atom is 0.424 e. The predicted octanol–water partition coefficient (Wildman–Crippen LogP) is 1.57. The zero-order valence-electron chi connectivity index (χ0n) is 14.4. The Morgan fingerprint density at radius 3 is 2.44 bits per heavy atom. The summed E-state index contributed by atoms with van der Waals surface area (Å²) in [6, 6.07) is 6.51. The molecule has 1 aromatic carbocycles. The van der Waals surface area contributed by atoms with E-state index in [0.29, 0.717) is 29.9 Å². The van der Waals surface area contributed by atoms with Crippen molar-refractivity contribution >= 4 is 27.5 Å². The lowest BCUT2D eigenvalue weighted by Gasteiger charge is -2.36. The van der Waals surface area contributed by atoms with Crippen LogP contribution in [0, 0.1) is 0 Å². The molecule has 2 heterocycles. The van der Waals surface area contributed by atoms with Gasteiger partial charge in [0.1, 0.15) is 5.01 Å². The Kier molecular flexibility index (Phi) is 5.71. The maximum absolute atomic E-state index is 13.7.